The van der Waals surface area contributed by atoms with E-state index >= 15 is 0 Å². The van der Waals surface area contributed by atoms with Gasteiger partial charge < -0.3 is 10.6 Å². The Hall–Kier alpha value is -2.43. The van der Waals surface area contributed by atoms with Crippen LogP contribution in [-0.4, -0.2) is 19.0 Å². The van der Waals surface area contributed by atoms with E-state index in [0.717, 1.165) is 36.4 Å². The van der Waals surface area contributed by atoms with E-state index < -0.39 is 11.6 Å². The van der Waals surface area contributed by atoms with Crippen molar-refractivity contribution in [2.75, 3.05) is 18.4 Å². The van der Waals surface area contributed by atoms with Gasteiger partial charge in [-0.2, -0.15) is 0 Å². The molecule has 21 heavy (non-hydrogen) atoms. The fourth-order valence-corrected chi connectivity index (χ4v) is 2.21. The number of hydrogen-bond acceptors (Lipinski definition) is 3. The predicted octanol–water partition coefficient (Wildman–Crippen LogP) is 2.93. The van der Waals surface area contributed by atoms with Gasteiger partial charge in [0.15, 0.2) is 5.96 Å². The predicted molar refractivity (Wildman–Crippen MR) is 79.5 cm³/mol. The Labute approximate surface area is 121 Å². The number of guanidine groups is 1. The molecule has 2 N–H and O–H groups in total. The first-order valence-corrected chi connectivity index (χ1v) is 6.79. The minimum absolute atomic E-state index is 0.436. The fraction of sp³-hybridized carbons (Fsp3) is 0.188. The topological polar surface area (TPSA) is 36.4 Å². The molecule has 2 aromatic rings. The quantitative estimate of drug-likeness (QED) is 0.910. The standard InChI is InChI=1S/C16H15F2N3/c17-13-4-3-12(15(18)10-13)9-11-1-5-14(6-2-11)21-16-19-7-8-20-16/h1-6,10H,7-9H2,(H2,19,20,21). The van der Waals surface area contributed by atoms with Gasteiger partial charge in [-0.3, -0.25) is 4.99 Å². The van der Waals surface area contributed by atoms with E-state index in [0.29, 0.717) is 12.0 Å². The molecule has 108 valence electrons. The van der Waals surface area contributed by atoms with E-state index in [-0.39, 0.29) is 0 Å². The summed E-state index contributed by atoms with van der Waals surface area (Å²) in [5, 5.41) is 6.29. The van der Waals surface area contributed by atoms with Crippen LogP contribution in [0.1, 0.15) is 11.1 Å². The van der Waals surface area contributed by atoms with Crippen molar-refractivity contribution in [2.45, 2.75) is 6.42 Å². The molecule has 0 fully saturated rings. The van der Waals surface area contributed by atoms with Crippen LogP contribution < -0.4 is 10.6 Å². The van der Waals surface area contributed by atoms with Crippen molar-refractivity contribution in [3.63, 3.8) is 0 Å². The van der Waals surface area contributed by atoms with Crippen molar-refractivity contribution in [1.82, 2.24) is 5.32 Å². The number of rotatable bonds is 3. The maximum atomic E-state index is 13.6. The lowest BCUT2D eigenvalue weighted by molar-refractivity contribution is 0.574. The summed E-state index contributed by atoms with van der Waals surface area (Å²) in [4.78, 5) is 4.25. The van der Waals surface area contributed by atoms with Crippen LogP contribution >= 0.6 is 0 Å². The number of anilines is 1. The maximum absolute atomic E-state index is 13.6. The van der Waals surface area contributed by atoms with Crippen LogP contribution in [0.2, 0.25) is 0 Å². The third kappa shape index (κ3) is 3.37. The third-order valence-corrected chi connectivity index (χ3v) is 3.30. The van der Waals surface area contributed by atoms with Crippen molar-refractivity contribution in [2.24, 2.45) is 4.99 Å². The molecule has 5 heteroatoms. The lowest BCUT2D eigenvalue weighted by Gasteiger charge is -2.08. The van der Waals surface area contributed by atoms with Crippen LogP contribution in [0.3, 0.4) is 0 Å². The molecule has 1 aliphatic rings. The Morgan fingerprint density at radius 1 is 1.10 bits per heavy atom. The zero-order valence-corrected chi connectivity index (χ0v) is 11.4. The molecular weight excluding hydrogens is 272 g/mol. The lowest BCUT2D eigenvalue weighted by Crippen LogP contribution is -2.26. The van der Waals surface area contributed by atoms with Gasteiger partial charge in [0.2, 0.25) is 0 Å². The van der Waals surface area contributed by atoms with E-state index in [1.54, 1.807) is 0 Å². The van der Waals surface area contributed by atoms with Gasteiger partial charge in [-0.05, 0) is 29.3 Å². The van der Waals surface area contributed by atoms with Crippen molar-refractivity contribution < 1.29 is 8.78 Å². The number of nitrogens with zero attached hydrogens (tertiary/aromatic N) is 1. The van der Waals surface area contributed by atoms with Crippen LogP contribution in [0.15, 0.2) is 47.5 Å². The van der Waals surface area contributed by atoms with Gasteiger partial charge in [-0.15, -0.1) is 0 Å². The van der Waals surface area contributed by atoms with Crippen LogP contribution in [0.5, 0.6) is 0 Å². The van der Waals surface area contributed by atoms with Gasteiger partial charge in [-0.25, -0.2) is 8.78 Å². The summed E-state index contributed by atoms with van der Waals surface area (Å²) in [7, 11) is 0. The van der Waals surface area contributed by atoms with Gasteiger partial charge in [0, 0.05) is 24.7 Å². The number of hydrogen-bond donors (Lipinski definition) is 2. The monoisotopic (exact) mass is 287 g/mol. The molecule has 2 aromatic carbocycles. The molecule has 0 aromatic heterocycles. The number of nitrogens with one attached hydrogen (secondary N) is 2. The Kier molecular flexibility index (Phi) is 3.81. The van der Waals surface area contributed by atoms with Gasteiger partial charge in [0.05, 0.1) is 6.54 Å². The number of aliphatic imine (C=N–C) groups is 1. The Morgan fingerprint density at radius 3 is 2.57 bits per heavy atom. The highest BCUT2D eigenvalue weighted by atomic mass is 19.1. The van der Waals surface area contributed by atoms with Crippen molar-refractivity contribution in [3.8, 4) is 0 Å². The Bertz CT molecular complexity index is 666. The molecule has 0 saturated carbocycles. The number of benzene rings is 2. The van der Waals surface area contributed by atoms with E-state index in [9.17, 15) is 8.78 Å². The summed E-state index contributed by atoms with van der Waals surface area (Å²) >= 11 is 0. The van der Waals surface area contributed by atoms with Gasteiger partial charge in [-0.1, -0.05) is 18.2 Å². The first-order valence-electron chi connectivity index (χ1n) is 6.79. The molecule has 0 unspecified atom stereocenters. The lowest BCUT2D eigenvalue weighted by atomic mass is 10.0. The molecule has 1 heterocycles. The van der Waals surface area contributed by atoms with E-state index in [1.165, 1.54) is 12.1 Å². The minimum atomic E-state index is -0.555. The highest BCUT2D eigenvalue weighted by Gasteiger charge is 2.07. The first-order chi connectivity index (χ1) is 10.2. The van der Waals surface area contributed by atoms with Crippen LogP contribution in [-0.2, 0) is 6.42 Å². The van der Waals surface area contributed by atoms with Gasteiger partial charge >= 0.3 is 0 Å². The summed E-state index contributed by atoms with van der Waals surface area (Å²) in [6, 6.07) is 11.3. The molecule has 0 radical (unpaired) electrons. The molecular formula is C16H15F2N3. The van der Waals surface area contributed by atoms with E-state index in [2.05, 4.69) is 15.6 Å². The highest BCUT2D eigenvalue weighted by molar-refractivity contribution is 5.94. The molecule has 3 nitrogen and oxygen atoms in total. The molecule has 1 aliphatic heterocycles. The first kappa shape index (κ1) is 13.5. The molecule has 0 bridgehead atoms. The molecule has 0 spiro atoms. The zero-order valence-electron chi connectivity index (χ0n) is 11.4. The largest absolute Gasteiger partial charge is 0.354 e. The SMILES string of the molecule is Fc1ccc(Cc2ccc(NC3=NCCN3)cc2)c(F)c1. The summed E-state index contributed by atoms with van der Waals surface area (Å²) in [6.07, 6.45) is 0.436. The second-order valence-corrected chi connectivity index (χ2v) is 4.89. The molecule has 0 saturated heterocycles. The van der Waals surface area contributed by atoms with Crippen molar-refractivity contribution in [3.05, 3.63) is 65.2 Å². The highest BCUT2D eigenvalue weighted by Crippen LogP contribution is 2.17. The fourth-order valence-electron chi connectivity index (χ4n) is 2.21. The average molecular weight is 287 g/mol. The zero-order chi connectivity index (χ0) is 14.7. The molecule has 0 amide bonds. The smallest absolute Gasteiger partial charge is 0.195 e. The summed E-state index contributed by atoms with van der Waals surface area (Å²) in [6.45, 7) is 1.63. The van der Waals surface area contributed by atoms with Crippen molar-refractivity contribution >= 4 is 11.6 Å². The van der Waals surface area contributed by atoms with E-state index in [4.69, 9.17) is 0 Å². The Balaban J connectivity index is 1.69. The van der Waals surface area contributed by atoms with Crippen LogP contribution in [0, 0.1) is 11.6 Å². The maximum Gasteiger partial charge on any atom is 0.195 e. The third-order valence-electron chi connectivity index (χ3n) is 3.30. The number of halogens is 2. The van der Waals surface area contributed by atoms with E-state index in [1.807, 2.05) is 24.3 Å². The Morgan fingerprint density at radius 2 is 1.90 bits per heavy atom. The summed E-state index contributed by atoms with van der Waals surface area (Å²) in [5.41, 5.74) is 2.37. The summed E-state index contributed by atoms with van der Waals surface area (Å²) in [5.74, 6) is -0.297. The van der Waals surface area contributed by atoms with Crippen LogP contribution in [0.25, 0.3) is 0 Å². The minimum Gasteiger partial charge on any atom is -0.354 e. The second kappa shape index (κ2) is 5.91. The van der Waals surface area contributed by atoms with Crippen molar-refractivity contribution in [1.29, 1.82) is 0 Å². The normalized spacial score (nSPS) is 13.7. The van der Waals surface area contributed by atoms with Crippen LogP contribution in [0.4, 0.5) is 14.5 Å². The second-order valence-electron chi connectivity index (χ2n) is 4.89. The van der Waals surface area contributed by atoms with Gasteiger partial charge in [0.25, 0.3) is 0 Å². The molecule has 0 atom stereocenters. The average Bonchev–Trinajstić information content (AvgIpc) is 2.97. The molecule has 3 rings (SSSR count). The molecule has 0 aliphatic carbocycles. The van der Waals surface area contributed by atoms with Gasteiger partial charge in [0.1, 0.15) is 11.6 Å². The summed E-state index contributed by atoms with van der Waals surface area (Å²) < 4.78 is 26.5.